The van der Waals surface area contributed by atoms with Crippen molar-refractivity contribution in [1.82, 2.24) is 10.0 Å². The Bertz CT molecular complexity index is 792. The molecule has 1 atom stereocenters. The lowest BCUT2D eigenvalue weighted by atomic mass is 10.1. The molecule has 0 aliphatic carbocycles. The molecule has 1 aromatic carbocycles. The molecule has 156 valence electrons. The van der Waals surface area contributed by atoms with E-state index < -0.39 is 6.10 Å². The van der Waals surface area contributed by atoms with Crippen molar-refractivity contribution in [3.8, 4) is 0 Å². The smallest absolute Gasteiger partial charge is 0.337 e. The number of aliphatic hydroxyl groups is 1. The number of aliphatic hydroxyl groups excluding tert-OH is 1. The molecule has 3 rings (SSSR count). The maximum Gasteiger partial charge on any atom is 0.337 e. The molecule has 1 fully saturated rings. The molecule has 2 heterocycles. The predicted octanol–water partition coefficient (Wildman–Crippen LogP) is 2.91. The van der Waals surface area contributed by atoms with Crippen LogP contribution >= 0.6 is 11.3 Å². The van der Waals surface area contributed by atoms with Crippen molar-refractivity contribution in [2.24, 2.45) is 0 Å². The van der Waals surface area contributed by atoms with E-state index >= 15 is 0 Å². The van der Waals surface area contributed by atoms with E-state index in [4.69, 9.17) is 4.74 Å². The molecule has 0 spiro atoms. The molecule has 0 bridgehead atoms. The first-order valence-corrected chi connectivity index (χ1v) is 10.9. The maximum absolute atomic E-state index is 12.5. The van der Waals surface area contributed by atoms with Crippen molar-refractivity contribution in [1.29, 1.82) is 0 Å². The monoisotopic (exact) mass is 416 g/mol. The number of carbonyl (C=O) groups is 2. The SMILES string of the molecule is COC(=O)c1ccc(CCN2C(=O)CCCN2CCC(O)Cc2cccs2)cc1. The highest BCUT2D eigenvalue weighted by molar-refractivity contribution is 7.09. The Labute approximate surface area is 175 Å². The zero-order valence-electron chi connectivity index (χ0n) is 16.8. The second-order valence-corrected chi connectivity index (χ2v) is 8.27. The summed E-state index contributed by atoms with van der Waals surface area (Å²) in [6.45, 7) is 2.09. The molecule has 2 aromatic rings. The number of hydrazine groups is 1. The number of thiophene rings is 1. The fourth-order valence-corrected chi connectivity index (χ4v) is 4.32. The summed E-state index contributed by atoms with van der Waals surface area (Å²) in [6.07, 6.45) is 3.02. The Kier molecular flexibility index (Phi) is 7.80. The quantitative estimate of drug-likeness (QED) is 0.637. The standard InChI is InChI=1S/C22H28N2O4S/c1-28-22(27)18-8-6-17(7-9-18)10-14-24-21(26)5-2-12-23(24)13-11-19(25)16-20-4-3-15-29-20/h3-4,6-9,15,19,25H,2,5,10-14,16H2,1H3. The summed E-state index contributed by atoms with van der Waals surface area (Å²) in [5.41, 5.74) is 1.58. The average molecular weight is 417 g/mol. The predicted molar refractivity (Wildman–Crippen MR) is 113 cm³/mol. The van der Waals surface area contributed by atoms with Gasteiger partial charge in [-0.05, 0) is 48.4 Å². The highest BCUT2D eigenvalue weighted by Gasteiger charge is 2.26. The summed E-state index contributed by atoms with van der Waals surface area (Å²) in [5, 5.41) is 16.3. The number of methoxy groups -OCH3 is 1. The summed E-state index contributed by atoms with van der Waals surface area (Å²) < 4.78 is 4.72. The van der Waals surface area contributed by atoms with Gasteiger partial charge in [-0.3, -0.25) is 9.80 Å². The molecule has 29 heavy (non-hydrogen) atoms. The molecule has 1 aromatic heterocycles. The van der Waals surface area contributed by atoms with Gasteiger partial charge in [0.1, 0.15) is 0 Å². The van der Waals surface area contributed by atoms with E-state index in [-0.39, 0.29) is 11.9 Å². The van der Waals surface area contributed by atoms with Gasteiger partial charge in [0.15, 0.2) is 0 Å². The largest absolute Gasteiger partial charge is 0.465 e. The Balaban J connectivity index is 1.52. The van der Waals surface area contributed by atoms with Crippen LogP contribution in [0.2, 0.25) is 0 Å². The van der Waals surface area contributed by atoms with E-state index in [2.05, 4.69) is 5.01 Å². The molecule has 1 aliphatic rings. The molecular formula is C22H28N2O4S. The van der Waals surface area contributed by atoms with Gasteiger partial charge in [0.2, 0.25) is 5.91 Å². The molecule has 0 radical (unpaired) electrons. The molecule has 1 amide bonds. The normalized spacial score (nSPS) is 16.1. The van der Waals surface area contributed by atoms with Gasteiger partial charge in [-0.2, -0.15) is 0 Å². The van der Waals surface area contributed by atoms with Crippen molar-refractivity contribution in [3.63, 3.8) is 0 Å². The minimum atomic E-state index is -0.404. The molecule has 1 N–H and O–H groups in total. The fraction of sp³-hybridized carbons (Fsp3) is 0.455. The van der Waals surface area contributed by atoms with Crippen LogP contribution in [0.3, 0.4) is 0 Å². The fourth-order valence-electron chi connectivity index (χ4n) is 3.54. The third-order valence-electron chi connectivity index (χ3n) is 5.16. The van der Waals surface area contributed by atoms with Crippen LogP contribution in [-0.4, -0.2) is 59.8 Å². The van der Waals surface area contributed by atoms with Crippen LogP contribution in [-0.2, 0) is 22.4 Å². The lowest BCUT2D eigenvalue weighted by Crippen LogP contribution is -2.52. The minimum Gasteiger partial charge on any atom is -0.465 e. The molecule has 0 saturated carbocycles. The lowest BCUT2D eigenvalue weighted by Gasteiger charge is -2.39. The van der Waals surface area contributed by atoms with E-state index in [0.29, 0.717) is 44.3 Å². The van der Waals surface area contributed by atoms with Crippen molar-refractivity contribution >= 4 is 23.2 Å². The summed E-state index contributed by atoms with van der Waals surface area (Å²) in [7, 11) is 1.37. The van der Waals surface area contributed by atoms with Crippen molar-refractivity contribution in [2.75, 3.05) is 26.7 Å². The van der Waals surface area contributed by atoms with E-state index in [9.17, 15) is 14.7 Å². The van der Waals surface area contributed by atoms with Gasteiger partial charge >= 0.3 is 5.97 Å². The van der Waals surface area contributed by atoms with Crippen LogP contribution in [0.4, 0.5) is 0 Å². The summed E-state index contributed by atoms with van der Waals surface area (Å²) in [6, 6.07) is 11.3. The van der Waals surface area contributed by atoms with Gasteiger partial charge in [-0.15, -0.1) is 11.3 Å². The Morgan fingerprint density at radius 2 is 2.03 bits per heavy atom. The van der Waals surface area contributed by atoms with Gasteiger partial charge in [0, 0.05) is 37.4 Å². The number of ether oxygens (including phenoxy) is 1. The number of carbonyl (C=O) groups excluding carboxylic acids is 2. The number of hydrogen-bond acceptors (Lipinski definition) is 6. The van der Waals surface area contributed by atoms with E-state index in [1.165, 1.54) is 12.0 Å². The summed E-state index contributed by atoms with van der Waals surface area (Å²) in [4.78, 5) is 25.2. The maximum atomic E-state index is 12.5. The molecule has 1 unspecified atom stereocenters. The van der Waals surface area contributed by atoms with Gasteiger partial charge < -0.3 is 9.84 Å². The number of nitrogens with zero attached hydrogens (tertiary/aromatic N) is 2. The number of benzene rings is 1. The highest BCUT2D eigenvalue weighted by Crippen LogP contribution is 2.17. The molecule has 1 aliphatic heterocycles. The molecular weight excluding hydrogens is 388 g/mol. The van der Waals surface area contributed by atoms with Crippen molar-refractivity contribution < 1.29 is 19.4 Å². The van der Waals surface area contributed by atoms with Gasteiger partial charge in [-0.25, -0.2) is 9.80 Å². The van der Waals surface area contributed by atoms with E-state index in [1.807, 2.05) is 34.7 Å². The van der Waals surface area contributed by atoms with Gasteiger partial charge in [-0.1, -0.05) is 18.2 Å². The first-order valence-electron chi connectivity index (χ1n) is 9.99. The third-order valence-corrected chi connectivity index (χ3v) is 6.06. The summed E-state index contributed by atoms with van der Waals surface area (Å²) in [5.74, 6) is -0.217. The van der Waals surface area contributed by atoms with Crippen LogP contribution in [0.25, 0.3) is 0 Å². The third kappa shape index (κ3) is 6.13. The summed E-state index contributed by atoms with van der Waals surface area (Å²) >= 11 is 1.66. The molecule has 7 heteroatoms. The number of esters is 1. The van der Waals surface area contributed by atoms with E-state index in [1.54, 1.807) is 23.5 Å². The number of amides is 1. The van der Waals surface area contributed by atoms with Crippen LogP contribution in [0, 0.1) is 0 Å². The molecule has 6 nitrogen and oxygen atoms in total. The topological polar surface area (TPSA) is 70.1 Å². The Morgan fingerprint density at radius 1 is 1.24 bits per heavy atom. The Morgan fingerprint density at radius 3 is 2.72 bits per heavy atom. The van der Waals surface area contributed by atoms with Crippen LogP contribution in [0.1, 0.15) is 40.1 Å². The van der Waals surface area contributed by atoms with Crippen LogP contribution in [0.15, 0.2) is 41.8 Å². The van der Waals surface area contributed by atoms with Crippen LogP contribution < -0.4 is 0 Å². The second kappa shape index (κ2) is 10.5. The zero-order valence-corrected chi connectivity index (χ0v) is 17.6. The van der Waals surface area contributed by atoms with E-state index in [0.717, 1.165) is 18.5 Å². The Hall–Kier alpha value is -2.22. The zero-order chi connectivity index (χ0) is 20.6. The van der Waals surface area contributed by atoms with Crippen molar-refractivity contribution in [2.45, 2.75) is 38.2 Å². The van der Waals surface area contributed by atoms with Crippen molar-refractivity contribution in [3.05, 3.63) is 57.8 Å². The number of rotatable bonds is 9. The lowest BCUT2D eigenvalue weighted by molar-refractivity contribution is -0.156. The number of hydrogen-bond donors (Lipinski definition) is 1. The average Bonchev–Trinajstić information content (AvgIpc) is 3.24. The minimum absolute atomic E-state index is 0.134. The van der Waals surface area contributed by atoms with Crippen LogP contribution in [0.5, 0.6) is 0 Å². The van der Waals surface area contributed by atoms with Gasteiger partial charge in [0.05, 0.1) is 18.8 Å². The highest BCUT2D eigenvalue weighted by atomic mass is 32.1. The first-order chi connectivity index (χ1) is 14.1. The first kappa shape index (κ1) is 21.5. The second-order valence-electron chi connectivity index (χ2n) is 7.24. The molecule has 1 saturated heterocycles. The van der Waals surface area contributed by atoms with Gasteiger partial charge in [0.25, 0.3) is 0 Å².